The lowest BCUT2D eigenvalue weighted by atomic mass is 9.94. The molecule has 1 aliphatic heterocycles. The zero-order valence-corrected chi connectivity index (χ0v) is 13.9. The molecule has 0 aromatic rings. The van der Waals surface area contributed by atoms with Crippen molar-refractivity contribution in [1.82, 2.24) is 10.6 Å². The number of thioether (sulfide) groups is 1. The lowest BCUT2D eigenvalue weighted by molar-refractivity contribution is -0.138. The molecule has 0 aliphatic carbocycles. The first kappa shape index (κ1) is 18.1. The van der Waals surface area contributed by atoms with E-state index in [-0.39, 0.29) is 18.4 Å². The molecule has 1 atom stereocenters. The zero-order chi connectivity index (χ0) is 15.7. The molecule has 0 radical (unpaired) electrons. The minimum atomic E-state index is -0.803. The van der Waals surface area contributed by atoms with Gasteiger partial charge in [-0.25, -0.2) is 4.79 Å². The summed E-state index contributed by atoms with van der Waals surface area (Å²) in [6.45, 7) is 5.28. The van der Waals surface area contributed by atoms with E-state index in [4.69, 9.17) is 5.11 Å². The second-order valence-corrected chi connectivity index (χ2v) is 7.46. The quantitative estimate of drug-likeness (QED) is 0.643. The van der Waals surface area contributed by atoms with Gasteiger partial charge in [0.2, 0.25) is 0 Å². The highest BCUT2D eigenvalue weighted by Gasteiger charge is 2.17. The molecule has 2 amide bonds. The fourth-order valence-corrected chi connectivity index (χ4v) is 3.84. The van der Waals surface area contributed by atoms with Gasteiger partial charge in [-0.1, -0.05) is 13.8 Å². The summed E-state index contributed by atoms with van der Waals surface area (Å²) >= 11 is 1.97. The smallest absolute Gasteiger partial charge is 0.314 e. The Hall–Kier alpha value is -0.910. The highest BCUT2D eigenvalue weighted by Crippen LogP contribution is 2.21. The molecule has 3 N–H and O–H groups in total. The van der Waals surface area contributed by atoms with Gasteiger partial charge in [0.1, 0.15) is 0 Å². The topological polar surface area (TPSA) is 78.4 Å². The van der Waals surface area contributed by atoms with Crippen molar-refractivity contribution in [2.24, 2.45) is 17.8 Å². The monoisotopic (exact) mass is 316 g/mol. The number of nitrogens with one attached hydrogen (secondary N) is 2. The van der Waals surface area contributed by atoms with Crippen molar-refractivity contribution >= 4 is 23.8 Å². The minimum absolute atomic E-state index is 0.000620. The number of urea groups is 1. The van der Waals surface area contributed by atoms with Gasteiger partial charge < -0.3 is 15.7 Å². The summed E-state index contributed by atoms with van der Waals surface area (Å²) in [5.74, 6) is 2.58. The Morgan fingerprint density at radius 3 is 2.48 bits per heavy atom. The van der Waals surface area contributed by atoms with Gasteiger partial charge >= 0.3 is 12.0 Å². The Bertz CT molecular complexity index is 331. The molecule has 1 heterocycles. The lowest BCUT2D eigenvalue weighted by Gasteiger charge is -2.22. The molecule has 21 heavy (non-hydrogen) atoms. The van der Waals surface area contributed by atoms with Crippen LogP contribution in [0.25, 0.3) is 0 Å². The molecule has 0 spiro atoms. The van der Waals surface area contributed by atoms with Crippen LogP contribution in [0.3, 0.4) is 0 Å². The molecule has 0 saturated carbocycles. The van der Waals surface area contributed by atoms with Crippen LogP contribution in [0.5, 0.6) is 0 Å². The molecule has 0 bridgehead atoms. The molecular formula is C15H28N2O3S. The van der Waals surface area contributed by atoms with Crippen molar-refractivity contribution in [2.75, 3.05) is 24.6 Å². The van der Waals surface area contributed by atoms with Gasteiger partial charge in [-0.2, -0.15) is 11.8 Å². The maximum Gasteiger partial charge on any atom is 0.314 e. The van der Waals surface area contributed by atoms with E-state index in [2.05, 4.69) is 24.5 Å². The van der Waals surface area contributed by atoms with Crippen LogP contribution in [0.1, 0.15) is 39.5 Å². The molecule has 5 nitrogen and oxygen atoms in total. The van der Waals surface area contributed by atoms with E-state index in [1.54, 1.807) is 0 Å². The second-order valence-electron chi connectivity index (χ2n) is 6.24. The Morgan fingerprint density at radius 1 is 1.24 bits per heavy atom. The van der Waals surface area contributed by atoms with Gasteiger partial charge in [-0.05, 0) is 48.5 Å². The highest BCUT2D eigenvalue weighted by atomic mass is 32.2. The van der Waals surface area contributed by atoms with Gasteiger partial charge in [0.25, 0.3) is 0 Å². The van der Waals surface area contributed by atoms with E-state index in [9.17, 15) is 9.59 Å². The van der Waals surface area contributed by atoms with E-state index < -0.39 is 5.97 Å². The van der Waals surface area contributed by atoms with Gasteiger partial charge in [-0.15, -0.1) is 0 Å². The van der Waals surface area contributed by atoms with Crippen molar-refractivity contribution in [3.63, 3.8) is 0 Å². The number of aliphatic carboxylic acids is 1. The van der Waals surface area contributed by atoms with Crippen molar-refractivity contribution in [1.29, 1.82) is 0 Å². The third-order valence-electron chi connectivity index (χ3n) is 3.71. The summed E-state index contributed by atoms with van der Waals surface area (Å²) in [6.07, 6.45) is 3.25. The molecule has 0 aromatic heterocycles. The Morgan fingerprint density at radius 2 is 1.90 bits per heavy atom. The van der Waals surface area contributed by atoms with Crippen LogP contribution in [0, 0.1) is 17.8 Å². The largest absolute Gasteiger partial charge is 0.481 e. The standard InChI is InChI=1S/C15H28N2O3S/c1-11(2)7-13(8-14(18)19)10-17-15(20)16-9-12-3-5-21-6-4-12/h11-13H,3-10H2,1-2H3,(H,18,19)(H2,16,17,20)/t13-/m0/s1. The van der Waals surface area contributed by atoms with Gasteiger partial charge in [0.15, 0.2) is 0 Å². The first-order chi connectivity index (χ1) is 9.97. The molecule has 122 valence electrons. The normalized spacial score (nSPS) is 17.5. The number of amides is 2. The van der Waals surface area contributed by atoms with Gasteiger partial charge in [0.05, 0.1) is 0 Å². The summed E-state index contributed by atoms with van der Waals surface area (Å²) in [6, 6.07) is -0.174. The number of carbonyl (C=O) groups excluding carboxylic acids is 1. The average molecular weight is 316 g/mol. The number of hydrogen-bond donors (Lipinski definition) is 3. The van der Waals surface area contributed by atoms with Crippen molar-refractivity contribution in [2.45, 2.75) is 39.5 Å². The van der Waals surface area contributed by atoms with Crippen LogP contribution in [-0.4, -0.2) is 41.7 Å². The molecule has 1 saturated heterocycles. The highest BCUT2D eigenvalue weighted by molar-refractivity contribution is 7.99. The SMILES string of the molecule is CC(C)C[C@H](CNC(=O)NCC1CCSCC1)CC(=O)O. The number of carboxylic acids is 1. The number of carbonyl (C=O) groups is 2. The van der Waals surface area contributed by atoms with Gasteiger partial charge in [0, 0.05) is 19.5 Å². The molecular weight excluding hydrogens is 288 g/mol. The van der Waals surface area contributed by atoms with Gasteiger partial charge in [-0.3, -0.25) is 4.79 Å². The first-order valence-corrected chi connectivity index (χ1v) is 8.94. The van der Waals surface area contributed by atoms with Crippen molar-refractivity contribution in [3.05, 3.63) is 0 Å². The predicted molar refractivity (Wildman–Crippen MR) is 86.6 cm³/mol. The molecule has 0 unspecified atom stereocenters. The summed E-state index contributed by atoms with van der Waals surface area (Å²) in [5, 5.41) is 14.6. The second kappa shape index (κ2) is 9.92. The van der Waals surface area contributed by atoms with Crippen LogP contribution in [0.15, 0.2) is 0 Å². The zero-order valence-electron chi connectivity index (χ0n) is 13.1. The van der Waals surface area contributed by atoms with E-state index in [0.29, 0.717) is 18.4 Å². The fourth-order valence-electron chi connectivity index (χ4n) is 2.64. The fraction of sp³-hybridized carbons (Fsp3) is 0.867. The van der Waals surface area contributed by atoms with Crippen LogP contribution >= 0.6 is 11.8 Å². The van der Waals surface area contributed by atoms with Crippen LogP contribution in [0.2, 0.25) is 0 Å². The summed E-state index contributed by atoms with van der Waals surface area (Å²) < 4.78 is 0. The van der Waals surface area contributed by atoms with E-state index >= 15 is 0 Å². The third kappa shape index (κ3) is 8.86. The van der Waals surface area contributed by atoms with Crippen LogP contribution in [-0.2, 0) is 4.79 Å². The summed E-state index contributed by atoms with van der Waals surface area (Å²) in [4.78, 5) is 22.6. The third-order valence-corrected chi connectivity index (χ3v) is 4.76. The van der Waals surface area contributed by atoms with Crippen LogP contribution in [0.4, 0.5) is 4.79 Å². The van der Waals surface area contributed by atoms with Crippen LogP contribution < -0.4 is 10.6 Å². The number of hydrogen-bond acceptors (Lipinski definition) is 3. The Balaban J connectivity index is 2.23. The summed E-state index contributed by atoms with van der Waals surface area (Å²) in [7, 11) is 0. The number of rotatable bonds is 8. The lowest BCUT2D eigenvalue weighted by Crippen LogP contribution is -2.41. The summed E-state index contributed by atoms with van der Waals surface area (Å²) in [5.41, 5.74) is 0. The average Bonchev–Trinajstić information content (AvgIpc) is 2.42. The minimum Gasteiger partial charge on any atom is -0.481 e. The number of carboxylic acid groups (broad SMARTS) is 1. The van der Waals surface area contributed by atoms with E-state index in [1.165, 1.54) is 24.3 Å². The van der Waals surface area contributed by atoms with E-state index in [0.717, 1.165) is 13.0 Å². The predicted octanol–water partition coefficient (Wildman–Crippen LogP) is 2.57. The molecule has 1 fully saturated rings. The molecule has 0 aromatic carbocycles. The van der Waals surface area contributed by atoms with E-state index in [1.807, 2.05) is 11.8 Å². The first-order valence-electron chi connectivity index (χ1n) is 7.78. The maximum absolute atomic E-state index is 11.8. The van der Waals surface area contributed by atoms with Crippen molar-refractivity contribution < 1.29 is 14.7 Å². The maximum atomic E-state index is 11.8. The molecule has 6 heteroatoms. The Labute approximate surface area is 131 Å². The van der Waals surface area contributed by atoms with Crippen molar-refractivity contribution in [3.8, 4) is 0 Å². The molecule has 1 rings (SSSR count). The Kier molecular flexibility index (Phi) is 8.57. The molecule has 1 aliphatic rings.